The molecule has 4 aromatic heterocycles. The zero-order valence-electron chi connectivity index (χ0n) is 14.4. The maximum absolute atomic E-state index is 9.17. The molecule has 132 valence electrons. The molecule has 0 saturated heterocycles. The van der Waals surface area contributed by atoms with Crippen LogP contribution in [0, 0.1) is 45.3 Å². The van der Waals surface area contributed by atoms with Gasteiger partial charge in [0.15, 0.2) is 0 Å². The van der Waals surface area contributed by atoms with Crippen molar-refractivity contribution in [1.29, 1.82) is 21.0 Å². The molecule has 0 unspecified atom stereocenters. The van der Waals surface area contributed by atoms with Crippen molar-refractivity contribution in [3.63, 3.8) is 0 Å². The van der Waals surface area contributed by atoms with E-state index < -0.39 is 0 Å². The Balaban J connectivity index is 1.84. The number of fused-ring (bicyclic) bond motifs is 5. The minimum absolute atomic E-state index is 0.135. The molecular weight excluding hydrogens is 425 g/mol. The van der Waals surface area contributed by atoms with E-state index in [1.54, 1.807) is 51.4 Å². The van der Waals surface area contributed by atoms with Gasteiger partial charge in [-0.15, -0.1) is 45.3 Å². The van der Waals surface area contributed by atoms with Crippen molar-refractivity contribution in [3.8, 4) is 24.3 Å². The van der Waals surface area contributed by atoms with Gasteiger partial charge in [-0.05, 0) is 18.6 Å². The highest BCUT2D eigenvalue weighted by Crippen LogP contribution is 2.51. The average molecular weight is 433 g/mol. The predicted molar refractivity (Wildman–Crippen MR) is 117 cm³/mol. The molecule has 0 N–H and O–H groups in total. The SMILES string of the molecule is CC(=C(C#N)C#N)c1csc2c1sc1c3sc(CC=C(C#N)C#N)cc3sc21. The lowest BCUT2D eigenvalue weighted by Gasteiger charge is -1.96. The number of thiophene rings is 4. The lowest BCUT2D eigenvalue weighted by Crippen LogP contribution is -1.81. The van der Waals surface area contributed by atoms with Gasteiger partial charge in [-0.1, -0.05) is 6.08 Å². The summed E-state index contributed by atoms with van der Waals surface area (Å²) in [6.07, 6.45) is 2.24. The highest BCUT2D eigenvalue weighted by molar-refractivity contribution is 7.44. The van der Waals surface area contributed by atoms with Crippen LogP contribution in [0.1, 0.15) is 17.4 Å². The van der Waals surface area contributed by atoms with Crippen LogP contribution in [0.2, 0.25) is 0 Å². The van der Waals surface area contributed by atoms with Gasteiger partial charge in [-0.2, -0.15) is 21.0 Å². The quantitative estimate of drug-likeness (QED) is 0.335. The van der Waals surface area contributed by atoms with Crippen LogP contribution in [0.4, 0.5) is 0 Å². The van der Waals surface area contributed by atoms with Gasteiger partial charge in [0.25, 0.3) is 0 Å². The largest absolute Gasteiger partial charge is 0.192 e. The first kappa shape index (κ1) is 18.4. The number of hydrogen-bond acceptors (Lipinski definition) is 8. The molecular formula is C20H8N4S4. The summed E-state index contributed by atoms with van der Waals surface area (Å²) in [7, 11) is 0. The molecule has 0 amide bonds. The van der Waals surface area contributed by atoms with Crippen LogP contribution in [-0.2, 0) is 6.42 Å². The van der Waals surface area contributed by atoms with Crippen molar-refractivity contribution in [2.75, 3.05) is 0 Å². The molecule has 0 saturated carbocycles. The Morgan fingerprint density at radius 2 is 1.61 bits per heavy atom. The van der Waals surface area contributed by atoms with E-state index in [0.717, 1.165) is 20.7 Å². The normalized spacial score (nSPS) is 10.3. The van der Waals surface area contributed by atoms with Crippen molar-refractivity contribution in [2.24, 2.45) is 0 Å². The molecule has 0 spiro atoms. The third-order valence-electron chi connectivity index (χ3n) is 4.28. The topological polar surface area (TPSA) is 95.2 Å². The van der Waals surface area contributed by atoms with Gasteiger partial charge in [0.2, 0.25) is 0 Å². The minimum Gasteiger partial charge on any atom is -0.192 e. The lowest BCUT2D eigenvalue weighted by molar-refractivity contribution is 1.32. The Morgan fingerprint density at radius 3 is 2.29 bits per heavy atom. The van der Waals surface area contributed by atoms with E-state index in [0.29, 0.717) is 6.42 Å². The summed E-state index contributed by atoms with van der Waals surface area (Å²) < 4.78 is 7.24. The van der Waals surface area contributed by atoms with Gasteiger partial charge in [0, 0.05) is 26.9 Å². The second-order valence-electron chi connectivity index (χ2n) is 5.85. The van der Waals surface area contributed by atoms with Crippen LogP contribution in [0.5, 0.6) is 0 Å². The fourth-order valence-electron chi connectivity index (χ4n) is 2.87. The molecule has 4 aromatic rings. The van der Waals surface area contributed by atoms with Gasteiger partial charge in [0.1, 0.15) is 35.4 Å². The van der Waals surface area contributed by atoms with Crippen molar-refractivity contribution in [1.82, 2.24) is 0 Å². The van der Waals surface area contributed by atoms with E-state index in [9.17, 15) is 10.5 Å². The third-order valence-corrected chi connectivity index (χ3v) is 9.49. The highest BCUT2D eigenvalue weighted by atomic mass is 32.1. The standard InChI is InChI=1S/C20H8N4S4/c1-10(12(7-23)8-24)14-9-25-18-16(14)28-19-17-15(27-20(18)19)4-13(26-17)3-2-11(5-21)6-22/h2,4,9H,3H2,1H3. The molecule has 0 bridgehead atoms. The Hall–Kier alpha value is -2.98. The second kappa shape index (κ2) is 7.21. The minimum atomic E-state index is 0.135. The van der Waals surface area contributed by atoms with E-state index in [-0.39, 0.29) is 11.1 Å². The zero-order chi connectivity index (χ0) is 19.8. The second-order valence-corrected chi connectivity index (χ2v) is 9.93. The molecule has 0 aliphatic heterocycles. The number of nitriles is 4. The molecule has 0 aromatic carbocycles. The summed E-state index contributed by atoms with van der Waals surface area (Å²) in [6.45, 7) is 1.82. The molecule has 4 rings (SSSR count). The van der Waals surface area contributed by atoms with E-state index in [1.165, 1.54) is 23.5 Å². The molecule has 28 heavy (non-hydrogen) atoms. The summed E-state index contributed by atoms with van der Waals surface area (Å²) >= 11 is 6.79. The van der Waals surface area contributed by atoms with Crippen LogP contribution in [-0.4, -0.2) is 0 Å². The Kier molecular flexibility index (Phi) is 4.73. The predicted octanol–water partition coefficient (Wildman–Crippen LogP) is 6.73. The maximum Gasteiger partial charge on any atom is 0.133 e. The fraction of sp³-hybridized carbons (Fsp3) is 0.100. The van der Waals surface area contributed by atoms with Gasteiger partial charge < -0.3 is 0 Å². The van der Waals surface area contributed by atoms with Gasteiger partial charge in [-0.25, -0.2) is 0 Å². The van der Waals surface area contributed by atoms with E-state index in [2.05, 4.69) is 6.07 Å². The van der Waals surface area contributed by atoms with Crippen molar-refractivity contribution in [2.45, 2.75) is 13.3 Å². The smallest absolute Gasteiger partial charge is 0.133 e. The summed E-state index contributed by atoms with van der Waals surface area (Å²) in [5.41, 5.74) is 1.97. The number of nitrogens with zero attached hydrogens (tertiary/aromatic N) is 4. The molecule has 0 radical (unpaired) electrons. The summed E-state index contributed by atoms with van der Waals surface area (Å²) in [4.78, 5) is 1.12. The first-order valence-corrected chi connectivity index (χ1v) is 11.3. The van der Waals surface area contributed by atoms with Gasteiger partial charge >= 0.3 is 0 Å². The average Bonchev–Trinajstić information content (AvgIpc) is 3.42. The van der Waals surface area contributed by atoms with E-state index >= 15 is 0 Å². The molecule has 0 atom stereocenters. The maximum atomic E-state index is 9.17. The molecule has 0 aliphatic rings. The van der Waals surface area contributed by atoms with Crippen LogP contribution in [0.25, 0.3) is 33.8 Å². The molecule has 8 heteroatoms. The molecule has 0 fully saturated rings. The van der Waals surface area contributed by atoms with Crippen LogP contribution in [0.3, 0.4) is 0 Å². The summed E-state index contributed by atoms with van der Waals surface area (Å²) in [6, 6.07) is 9.87. The van der Waals surface area contributed by atoms with Gasteiger partial charge in [-0.3, -0.25) is 0 Å². The zero-order valence-corrected chi connectivity index (χ0v) is 17.6. The number of allylic oxidation sites excluding steroid dienone is 4. The Labute approximate surface area is 176 Å². The first-order valence-electron chi connectivity index (χ1n) is 7.98. The lowest BCUT2D eigenvalue weighted by atomic mass is 10.1. The number of hydrogen-bond donors (Lipinski definition) is 0. The van der Waals surface area contributed by atoms with E-state index in [4.69, 9.17) is 10.5 Å². The molecule has 4 heterocycles. The Morgan fingerprint density at radius 1 is 0.893 bits per heavy atom. The van der Waals surface area contributed by atoms with Gasteiger partial charge in [0.05, 0.1) is 23.5 Å². The van der Waals surface area contributed by atoms with E-state index in [1.807, 2.05) is 36.6 Å². The molecule has 0 aliphatic carbocycles. The fourth-order valence-corrected chi connectivity index (χ4v) is 8.61. The number of rotatable bonds is 3. The van der Waals surface area contributed by atoms with Crippen LogP contribution >= 0.6 is 45.3 Å². The first-order chi connectivity index (χ1) is 13.6. The Bertz CT molecular complexity index is 1460. The van der Waals surface area contributed by atoms with Crippen molar-refractivity contribution >= 4 is 79.1 Å². The van der Waals surface area contributed by atoms with Crippen LogP contribution in [0.15, 0.2) is 28.7 Å². The molecule has 4 nitrogen and oxygen atoms in total. The highest BCUT2D eigenvalue weighted by Gasteiger charge is 2.19. The van der Waals surface area contributed by atoms with Crippen molar-refractivity contribution < 1.29 is 0 Å². The third kappa shape index (κ3) is 2.81. The summed E-state index contributed by atoms with van der Waals surface area (Å²) in [5, 5.41) is 38.1. The van der Waals surface area contributed by atoms with Crippen LogP contribution < -0.4 is 0 Å². The summed E-state index contributed by atoms with van der Waals surface area (Å²) in [5.74, 6) is 0. The van der Waals surface area contributed by atoms with Crippen molar-refractivity contribution in [3.05, 3.63) is 39.1 Å². The monoisotopic (exact) mass is 432 g/mol.